The maximum absolute atomic E-state index is 2.25. The first-order valence-corrected chi connectivity index (χ1v) is 4.49. The van der Waals surface area contributed by atoms with E-state index in [-0.39, 0.29) is 0 Å². The van der Waals surface area contributed by atoms with Gasteiger partial charge in [0.1, 0.15) is 0 Å². The zero-order valence-electron chi connectivity index (χ0n) is 8.86. The van der Waals surface area contributed by atoms with E-state index in [2.05, 4.69) is 25.8 Å². The molecule has 0 N–H and O–H groups in total. The Morgan fingerprint density at radius 2 is 1.00 bits per heavy atom. The van der Waals surface area contributed by atoms with Crippen LogP contribution in [0.25, 0.3) is 0 Å². The molecule has 0 aliphatic carbocycles. The van der Waals surface area contributed by atoms with Crippen molar-refractivity contribution in [2.75, 3.05) is 20.1 Å². The van der Waals surface area contributed by atoms with Gasteiger partial charge >= 0.3 is 0 Å². The summed E-state index contributed by atoms with van der Waals surface area (Å²) >= 11 is 0. The molecule has 0 heterocycles. The third-order valence-corrected chi connectivity index (χ3v) is 1.08. The van der Waals surface area contributed by atoms with Crippen LogP contribution in [0.5, 0.6) is 0 Å². The van der Waals surface area contributed by atoms with Gasteiger partial charge in [-0.1, -0.05) is 41.5 Å². The van der Waals surface area contributed by atoms with E-state index >= 15 is 0 Å². The number of hydrogen-bond donors (Lipinski definition) is 0. The molecule has 1 heteroatoms. The average molecular weight is 147 g/mol. The lowest BCUT2D eigenvalue weighted by Crippen LogP contribution is -2.15. The maximum atomic E-state index is 2.25. The molecule has 0 spiro atoms. The van der Waals surface area contributed by atoms with Crippen molar-refractivity contribution in [1.82, 2.24) is 4.90 Å². The van der Waals surface area contributed by atoms with Crippen molar-refractivity contribution in [2.24, 2.45) is 0 Å². The van der Waals surface area contributed by atoms with Crippen LogP contribution in [0, 0.1) is 0 Å². The summed E-state index contributed by atoms with van der Waals surface area (Å²) in [6.45, 7) is 14.6. The molecule has 0 rings (SSSR count). The molecule has 0 saturated heterocycles. The minimum absolute atomic E-state index is 1.16. The Morgan fingerprint density at radius 1 is 0.800 bits per heavy atom. The van der Waals surface area contributed by atoms with E-state index in [0.717, 1.165) is 13.1 Å². The minimum Gasteiger partial charge on any atom is -0.307 e. The molecule has 0 atom stereocenters. The highest BCUT2D eigenvalue weighted by Crippen LogP contribution is 1.73. The molecule has 0 aromatic carbocycles. The molecular weight excluding hydrogens is 122 g/mol. The first-order valence-electron chi connectivity index (χ1n) is 4.49. The van der Waals surface area contributed by atoms with Crippen LogP contribution >= 0.6 is 0 Å². The highest BCUT2D eigenvalue weighted by Gasteiger charge is 1.81. The van der Waals surface area contributed by atoms with Gasteiger partial charge in [0.25, 0.3) is 0 Å². The predicted molar refractivity (Wildman–Crippen MR) is 51.5 cm³/mol. The Balaban J connectivity index is -0.000000105. The zero-order chi connectivity index (χ0) is 8.99. The van der Waals surface area contributed by atoms with Crippen molar-refractivity contribution in [2.45, 2.75) is 41.5 Å². The van der Waals surface area contributed by atoms with Crippen LogP contribution in [-0.2, 0) is 0 Å². The monoisotopic (exact) mass is 147 g/mol. The molecule has 1 nitrogen and oxygen atoms in total. The highest BCUT2D eigenvalue weighted by molar-refractivity contribution is 4.36. The van der Waals surface area contributed by atoms with E-state index in [4.69, 9.17) is 0 Å². The molecule has 66 valence electrons. The van der Waals surface area contributed by atoms with E-state index in [1.165, 1.54) is 0 Å². The van der Waals surface area contributed by atoms with Crippen LogP contribution in [-0.4, -0.2) is 25.0 Å². The smallest absolute Gasteiger partial charge is 0.00504 e. The van der Waals surface area contributed by atoms with Gasteiger partial charge in [-0.2, -0.15) is 0 Å². The predicted octanol–water partition coefficient (Wildman–Crippen LogP) is 3.01. The lowest BCUT2D eigenvalue weighted by Gasteiger charge is -2.07. The summed E-state index contributed by atoms with van der Waals surface area (Å²) in [6, 6.07) is 0. The van der Waals surface area contributed by atoms with Gasteiger partial charge < -0.3 is 4.90 Å². The van der Waals surface area contributed by atoms with E-state index in [1.807, 2.05) is 27.7 Å². The van der Waals surface area contributed by atoms with Crippen molar-refractivity contribution in [3.63, 3.8) is 0 Å². The first kappa shape index (κ1) is 16.5. The Morgan fingerprint density at radius 3 is 1.00 bits per heavy atom. The van der Waals surface area contributed by atoms with Gasteiger partial charge in [-0.25, -0.2) is 0 Å². The van der Waals surface area contributed by atoms with Gasteiger partial charge in [-0.15, -0.1) is 0 Å². The largest absolute Gasteiger partial charge is 0.307 e. The maximum Gasteiger partial charge on any atom is -0.00504 e. The molecule has 0 radical (unpaired) electrons. The van der Waals surface area contributed by atoms with Crippen molar-refractivity contribution in [3.05, 3.63) is 0 Å². The molecule has 0 aliphatic rings. The van der Waals surface area contributed by atoms with Crippen LogP contribution in [0.3, 0.4) is 0 Å². The van der Waals surface area contributed by atoms with Crippen molar-refractivity contribution in [3.8, 4) is 0 Å². The van der Waals surface area contributed by atoms with Crippen LogP contribution < -0.4 is 0 Å². The van der Waals surface area contributed by atoms with Crippen LogP contribution in [0.4, 0.5) is 0 Å². The molecule has 10 heavy (non-hydrogen) atoms. The van der Waals surface area contributed by atoms with Crippen molar-refractivity contribution in [1.29, 1.82) is 0 Å². The molecule has 0 aliphatic heterocycles. The van der Waals surface area contributed by atoms with Crippen LogP contribution in [0.15, 0.2) is 0 Å². The van der Waals surface area contributed by atoms with Gasteiger partial charge in [0.15, 0.2) is 0 Å². The van der Waals surface area contributed by atoms with Gasteiger partial charge in [0.2, 0.25) is 0 Å². The minimum atomic E-state index is 1.16. The number of nitrogens with zero attached hydrogens (tertiary/aromatic N) is 1. The fourth-order valence-corrected chi connectivity index (χ4v) is 0.224. The Hall–Kier alpha value is -0.0400. The van der Waals surface area contributed by atoms with E-state index in [9.17, 15) is 0 Å². The second kappa shape index (κ2) is 23.1. The summed E-state index contributed by atoms with van der Waals surface area (Å²) in [7, 11) is 2.11. The first-order chi connectivity index (χ1) is 4.81. The topological polar surface area (TPSA) is 3.24 Å². The summed E-state index contributed by atoms with van der Waals surface area (Å²) in [4.78, 5) is 2.25. The lowest BCUT2D eigenvalue weighted by molar-refractivity contribution is 0.373. The quantitative estimate of drug-likeness (QED) is 0.580. The normalized spacial score (nSPS) is 7.20. The van der Waals surface area contributed by atoms with Crippen LogP contribution in [0.1, 0.15) is 41.5 Å². The van der Waals surface area contributed by atoms with E-state index < -0.39 is 0 Å². The summed E-state index contributed by atoms with van der Waals surface area (Å²) in [5.41, 5.74) is 0. The lowest BCUT2D eigenvalue weighted by atomic mass is 10.6. The van der Waals surface area contributed by atoms with E-state index in [0.29, 0.717) is 0 Å². The molecule has 0 saturated carbocycles. The fraction of sp³-hybridized carbons (Fsp3) is 1.00. The molecule has 0 amide bonds. The number of hydrogen-bond acceptors (Lipinski definition) is 1. The van der Waals surface area contributed by atoms with Crippen molar-refractivity contribution >= 4 is 0 Å². The zero-order valence-corrected chi connectivity index (χ0v) is 8.86. The average Bonchev–Trinajstić information content (AvgIpc) is 2.10. The Labute approximate surface area is 67.4 Å². The van der Waals surface area contributed by atoms with Gasteiger partial charge in [-0.3, -0.25) is 0 Å². The van der Waals surface area contributed by atoms with Crippen LogP contribution in [0.2, 0.25) is 0 Å². The summed E-state index contributed by atoms with van der Waals surface area (Å²) in [5, 5.41) is 0. The fourth-order valence-electron chi connectivity index (χ4n) is 0.224. The Bertz CT molecular complexity index is 23.9. The van der Waals surface area contributed by atoms with Gasteiger partial charge in [-0.05, 0) is 20.1 Å². The molecule has 0 aromatic heterocycles. The molecule has 0 bridgehead atoms. The standard InChI is InChI=1S/C5H13N.2C2H6/c1-4-6(3)5-2;2*1-2/h4-5H2,1-3H3;2*1-2H3. The summed E-state index contributed by atoms with van der Waals surface area (Å²) in [6.07, 6.45) is 0. The molecular formula is C9H25N. The summed E-state index contributed by atoms with van der Waals surface area (Å²) < 4.78 is 0. The Kier molecular flexibility index (Phi) is 38.1. The third-order valence-electron chi connectivity index (χ3n) is 1.08. The van der Waals surface area contributed by atoms with Crippen molar-refractivity contribution < 1.29 is 0 Å². The SMILES string of the molecule is CC.CC.CCN(C)CC. The molecule has 0 unspecified atom stereocenters. The van der Waals surface area contributed by atoms with Gasteiger partial charge in [0, 0.05) is 0 Å². The highest BCUT2D eigenvalue weighted by atomic mass is 15.1. The molecule has 0 aromatic rings. The van der Waals surface area contributed by atoms with Gasteiger partial charge in [0.05, 0.1) is 0 Å². The third kappa shape index (κ3) is 24.6. The van der Waals surface area contributed by atoms with E-state index in [1.54, 1.807) is 0 Å². The second-order valence-electron chi connectivity index (χ2n) is 1.49. The number of rotatable bonds is 2. The molecule has 0 fully saturated rings. The second-order valence-corrected chi connectivity index (χ2v) is 1.49. The summed E-state index contributed by atoms with van der Waals surface area (Å²) in [5.74, 6) is 0.